The van der Waals surface area contributed by atoms with Crippen LogP contribution >= 0.6 is 11.3 Å². The second-order valence-corrected chi connectivity index (χ2v) is 6.17. The van der Waals surface area contributed by atoms with Crippen molar-refractivity contribution in [1.29, 1.82) is 0 Å². The van der Waals surface area contributed by atoms with E-state index in [1.807, 2.05) is 40.6 Å². The number of hydrogen-bond acceptors (Lipinski definition) is 2. The van der Waals surface area contributed by atoms with Gasteiger partial charge in [-0.3, -0.25) is 4.79 Å². The third-order valence-corrected chi connectivity index (χ3v) is 4.60. The summed E-state index contributed by atoms with van der Waals surface area (Å²) in [4.78, 5) is 15.5. The number of hydrogen-bond donors (Lipinski definition) is 0. The molecule has 3 rings (SSSR count). The first kappa shape index (κ1) is 12.4. The van der Waals surface area contributed by atoms with Crippen molar-refractivity contribution in [2.24, 2.45) is 5.92 Å². The quantitative estimate of drug-likeness (QED) is 0.836. The molecule has 0 N–H and O–H groups in total. The number of nitrogens with zero attached hydrogens (tertiary/aromatic N) is 1. The molecule has 2 aromatic rings. The van der Waals surface area contributed by atoms with E-state index in [1.54, 1.807) is 11.3 Å². The van der Waals surface area contributed by atoms with Crippen molar-refractivity contribution in [3.05, 3.63) is 58.3 Å². The fourth-order valence-electron chi connectivity index (χ4n) is 2.77. The zero-order chi connectivity index (χ0) is 13.2. The lowest BCUT2D eigenvalue weighted by Crippen LogP contribution is -2.51. The van der Waals surface area contributed by atoms with Gasteiger partial charge < -0.3 is 4.90 Å². The van der Waals surface area contributed by atoms with Crippen LogP contribution in [-0.2, 0) is 11.2 Å². The third kappa shape index (κ3) is 2.43. The second kappa shape index (κ2) is 5.17. The normalized spacial score (nSPS) is 22.1. The van der Waals surface area contributed by atoms with Gasteiger partial charge in [0.15, 0.2) is 0 Å². The fraction of sp³-hybridized carbons (Fsp3) is 0.312. The maximum atomic E-state index is 12.4. The Bertz CT molecular complexity index is 549. The van der Waals surface area contributed by atoms with Crippen LogP contribution in [0.25, 0.3) is 0 Å². The van der Waals surface area contributed by atoms with Crippen molar-refractivity contribution in [1.82, 2.24) is 4.90 Å². The van der Waals surface area contributed by atoms with Crippen LogP contribution in [0.5, 0.6) is 0 Å². The summed E-state index contributed by atoms with van der Waals surface area (Å²) in [6, 6.07) is 14.6. The van der Waals surface area contributed by atoms with Gasteiger partial charge in [-0.1, -0.05) is 43.3 Å². The predicted molar refractivity (Wildman–Crippen MR) is 78.1 cm³/mol. The average Bonchev–Trinajstić information content (AvgIpc) is 2.89. The van der Waals surface area contributed by atoms with Gasteiger partial charge in [0.2, 0.25) is 5.91 Å². The topological polar surface area (TPSA) is 20.3 Å². The van der Waals surface area contributed by atoms with Gasteiger partial charge in [0.25, 0.3) is 0 Å². The largest absolute Gasteiger partial charge is 0.335 e. The number of benzene rings is 1. The van der Waals surface area contributed by atoms with Crippen molar-refractivity contribution in [3.63, 3.8) is 0 Å². The summed E-state index contributed by atoms with van der Waals surface area (Å²) in [5, 5.41) is 2.02. The lowest BCUT2D eigenvalue weighted by Gasteiger charge is -2.47. The number of rotatable bonds is 3. The molecular weight excluding hydrogens is 254 g/mol. The van der Waals surface area contributed by atoms with E-state index < -0.39 is 0 Å². The molecule has 19 heavy (non-hydrogen) atoms. The standard InChI is InChI=1S/C16H17NOS/c1-12-11-17(15(18)10-14-8-5-9-19-14)16(12)13-6-3-2-4-7-13/h2-9,12,16H,10-11H2,1H3/t12-,16+/m1/s1. The van der Waals surface area contributed by atoms with Crippen LogP contribution < -0.4 is 0 Å². The van der Waals surface area contributed by atoms with Crippen molar-refractivity contribution < 1.29 is 4.79 Å². The first-order valence-electron chi connectivity index (χ1n) is 6.62. The Morgan fingerprint density at radius 1 is 1.26 bits per heavy atom. The smallest absolute Gasteiger partial charge is 0.228 e. The molecule has 1 aromatic heterocycles. The van der Waals surface area contributed by atoms with Crippen molar-refractivity contribution >= 4 is 17.2 Å². The van der Waals surface area contributed by atoms with Gasteiger partial charge >= 0.3 is 0 Å². The van der Waals surface area contributed by atoms with Crippen LogP contribution in [0.4, 0.5) is 0 Å². The molecule has 0 spiro atoms. The van der Waals surface area contributed by atoms with Crippen molar-refractivity contribution in [2.45, 2.75) is 19.4 Å². The third-order valence-electron chi connectivity index (χ3n) is 3.73. The lowest BCUT2D eigenvalue weighted by atomic mass is 9.84. The lowest BCUT2D eigenvalue weighted by molar-refractivity contribution is -0.142. The van der Waals surface area contributed by atoms with Crippen LogP contribution in [0.3, 0.4) is 0 Å². The van der Waals surface area contributed by atoms with Gasteiger partial charge in [0.1, 0.15) is 0 Å². The van der Waals surface area contributed by atoms with Crippen LogP contribution in [0.15, 0.2) is 47.8 Å². The van der Waals surface area contributed by atoms with E-state index in [4.69, 9.17) is 0 Å². The second-order valence-electron chi connectivity index (χ2n) is 5.14. The molecule has 0 aliphatic carbocycles. The first-order chi connectivity index (χ1) is 9.25. The summed E-state index contributed by atoms with van der Waals surface area (Å²) in [6.45, 7) is 3.09. The van der Waals surface area contributed by atoms with E-state index in [-0.39, 0.29) is 11.9 Å². The summed E-state index contributed by atoms with van der Waals surface area (Å²) >= 11 is 1.65. The SMILES string of the molecule is C[C@@H]1CN(C(=O)Cc2cccs2)[C@@H]1c1ccccc1. The monoisotopic (exact) mass is 271 g/mol. The summed E-state index contributed by atoms with van der Waals surface area (Å²) in [7, 11) is 0. The molecule has 1 aliphatic heterocycles. The van der Waals surface area contributed by atoms with Crippen LogP contribution in [0, 0.1) is 5.92 Å². The van der Waals surface area contributed by atoms with E-state index in [9.17, 15) is 4.79 Å². The Morgan fingerprint density at radius 3 is 2.68 bits per heavy atom. The molecule has 98 valence electrons. The Morgan fingerprint density at radius 2 is 2.05 bits per heavy atom. The molecule has 1 aromatic carbocycles. The van der Waals surface area contributed by atoms with Crippen molar-refractivity contribution in [3.8, 4) is 0 Å². The molecule has 0 bridgehead atoms. The van der Waals surface area contributed by atoms with E-state index in [0.29, 0.717) is 12.3 Å². The van der Waals surface area contributed by atoms with Gasteiger partial charge in [-0.25, -0.2) is 0 Å². The van der Waals surface area contributed by atoms with E-state index in [0.717, 1.165) is 11.4 Å². The Balaban J connectivity index is 1.73. The molecule has 1 fully saturated rings. The highest BCUT2D eigenvalue weighted by Crippen LogP contribution is 2.38. The molecule has 2 atom stereocenters. The molecule has 2 heterocycles. The summed E-state index contributed by atoms with van der Waals surface area (Å²) in [5.41, 5.74) is 1.25. The Labute approximate surface area is 117 Å². The number of carbonyl (C=O) groups excluding carboxylic acids is 1. The Kier molecular flexibility index (Phi) is 3.38. The molecule has 1 saturated heterocycles. The minimum Gasteiger partial charge on any atom is -0.335 e. The van der Waals surface area contributed by atoms with Crippen LogP contribution in [-0.4, -0.2) is 17.4 Å². The summed E-state index contributed by atoms with van der Waals surface area (Å²) in [6.07, 6.45) is 0.535. The molecule has 1 amide bonds. The first-order valence-corrected chi connectivity index (χ1v) is 7.50. The summed E-state index contributed by atoms with van der Waals surface area (Å²) in [5.74, 6) is 0.795. The number of thiophene rings is 1. The van der Waals surface area contributed by atoms with Gasteiger partial charge in [-0.05, 0) is 22.9 Å². The highest BCUT2D eigenvalue weighted by atomic mass is 32.1. The molecule has 0 radical (unpaired) electrons. The predicted octanol–water partition coefficient (Wildman–Crippen LogP) is 3.51. The fourth-order valence-corrected chi connectivity index (χ4v) is 3.47. The number of amides is 1. The highest BCUT2D eigenvalue weighted by molar-refractivity contribution is 7.10. The van der Waals surface area contributed by atoms with E-state index in [2.05, 4.69) is 19.1 Å². The average molecular weight is 271 g/mol. The van der Waals surface area contributed by atoms with Crippen LogP contribution in [0.2, 0.25) is 0 Å². The maximum absolute atomic E-state index is 12.4. The van der Waals surface area contributed by atoms with Crippen molar-refractivity contribution in [2.75, 3.05) is 6.54 Å². The van der Waals surface area contributed by atoms with Gasteiger partial charge in [-0.15, -0.1) is 11.3 Å². The minimum atomic E-state index is 0.245. The summed E-state index contributed by atoms with van der Waals surface area (Å²) < 4.78 is 0. The van der Waals surface area contributed by atoms with Gasteiger partial charge in [0, 0.05) is 11.4 Å². The minimum absolute atomic E-state index is 0.245. The molecule has 0 unspecified atom stereocenters. The van der Waals surface area contributed by atoms with Gasteiger partial charge in [-0.2, -0.15) is 0 Å². The number of likely N-dealkylation sites (tertiary alicyclic amines) is 1. The van der Waals surface area contributed by atoms with Gasteiger partial charge in [0.05, 0.1) is 12.5 Å². The van der Waals surface area contributed by atoms with Crippen LogP contribution in [0.1, 0.15) is 23.4 Å². The van der Waals surface area contributed by atoms with E-state index in [1.165, 1.54) is 5.56 Å². The zero-order valence-corrected chi connectivity index (χ0v) is 11.8. The van der Waals surface area contributed by atoms with E-state index >= 15 is 0 Å². The zero-order valence-electron chi connectivity index (χ0n) is 11.0. The number of carbonyl (C=O) groups is 1. The molecular formula is C16H17NOS. The molecule has 0 saturated carbocycles. The molecule has 1 aliphatic rings. The molecule has 3 heteroatoms. The highest BCUT2D eigenvalue weighted by Gasteiger charge is 2.39. The maximum Gasteiger partial charge on any atom is 0.228 e. The molecule has 2 nitrogen and oxygen atoms in total. The Hall–Kier alpha value is -1.61.